The Morgan fingerprint density at radius 1 is 1.23 bits per heavy atom. The van der Waals surface area contributed by atoms with Crippen LogP contribution in [0.2, 0.25) is 5.02 Å². The molecular formula is C25H31ClN6O3. The van der Waals surface area contributed by atoms with Crippen molar-refractivity contribution in [1.29, 1.82) is 0 Å². The van der Waals surface area contributed by atoms with Gasteiger partial charge in [-0.3, -0.25) is 10.3 Å². The van der Waals surface area contributed by atoms with E-state index in [0.29, 0.717) is 23.2 Å². The Labute approximate surface area is 209 Å². The van der Waals surface area contributed by atoms with Crippen LogP contribution in [0, 0.1) is 11.8 Å². The maximum Gasteiger partial charge on any atom is 0.427 e. The van der Waals surface area contributed by atoms with E-state index in [1.807, 2.05) is 12.1 Å². The number of hydrogen-bond acceptors (Lipinski definition) is 7. The van der Waals surface area contributed by atoms with Gasteiger partial charge < -0.3 is 14.1 Å². The molecule has 0 spiro atoms. The topological polar surface area (TPSA) is 103 Å². The highest BCUT2D eigenvalue weighted by molar-refractivity contribution is 6.30. The van der Waals surface area contributed by atoms with Gasteiger partial charge in [-0.15, -0.1) is 5.48 Å². The average molecular weight is 499 g/mol. The quantitative estimate of drug-likeness (QED) is 0.474. The summed E-state index contributed by atoms with van der Waals surface area (Å²) in [5.41, 5.74) is 6.55. The second kappa shape index (κ2) is 10.1. The van der Waals surface area contributed by atoms with E-state index >= 15 is 0 Å². The highest BCUT2D eigenvalue weighted by Crippen LogP contribution is 2.36. The van der Waals surface area contributed by atoms with Crippen LogP contribution in [0.15, 0.2) is 24.5 Å². The Balaban J connectivity index is 1.68. The maximum atomic E-state index is 11.7. The number of aromatic nitrogens is 4. The molecule has 2 atom stereocenters. The molecule has 2 unspecified atom stereocenters. The van der Waals surface area contributed by atoms with Crippen molar-refractivity contribution < 1.29 is 14.4 Å². The molecule has 2 N–H and O–H groups in total. The van der Waals surface area contributed by atoms with Gasteiger partial charge in [0.1, 0.15) is 5.82 Å². The molecule has 1 aliphatic heterocycles. The SMILES string of the molecule is COCC(C)c1nc2cc(C3NOC(=O)N3)nc(-c3cncc(Cl)c3)c2n1CC1CCC(C)CC1. The Hall–Kier alpha value is -2.75. The standard InChI is InChI=1S/C25H31ClN6O3/c1-14-4-6-16(7-5-14)12-32-22-19(29-24(32)15(2)13-34-3)9-20(23-30-25(33)35-31-23)28-21(22)17-8-18(26)11-27-10-17/h8-11,14-16,23,31H,4-7,12-13H2,1-3H3,(H,30,33). The molecule has 10 heteroatoms. The lowest BCUT2D eigenvalue weighted by Crippen LogP contribution is -2.23. The highest BCUT2D eigenvalue weighted by Gasteiger charge is 2.29. The van der Waals surface area contributed by atoms with E-state index in [4.69, 9.17) is 31.1 Å². The number of methoxy groups -OCH3 is 1. The van der Waals surface area contributed by atoms with E-state index in [0.717, 1.165) is 40.6 Å². The number of rotatable bonds is 7. The number of nitrogens with one attached hydrogen (secondary N) is 2. The molecule has 2 aliphatic rings. The Bertz CT molecular complexity index is 1220. The fraction of sp³-hybridized carbons (Fsp3) is 0.520. The number of imidazole rings is 1. The molecular weight excluding hydrogens is 468 g/mol. The number of halogens is 1. The lowest BCUT2D eigenvalue weighted by molar-refractivity contribution is 0.121. The van der Waals surface area contributed by atoms with E-state index in [2.05, 4.69) is 34.2 Å². The molecule has 1 aliphatic carbocycles. The van der Waals surface area contributed by atoms with Crippen LogP contribution in [0.25, 0.3) is 22.3 Å². The van der Waals surface area contributed by atoms with Crippen LogP contribution in [-0.4, -0.2) is 39.3 Å². The second-order valence-corrected chi connectivity index (χ2v) is 10.2. The molecule has 2 fully saturated rings. The number of nitrogens with zero attached hydrogens (tertiary/aromatic N) is 4. The van der Waals surface area contributed by atoms with E-state index in [1.54, 1.807) is 19.5 Å². The van der Waals surface area contributed by atoms with Gasteiger partial charge in [0.05, 0.1) is 34.1 Å². The van der Waals surface area contributed by atoms with E-state index in [9.17, 15) is 4.79 Å². The van der Waals surface area contributed by atoms with Gasteiger partial charge in [0, 0.05) is 37.5 Å². The van der Waals surface area contributed by atoms with Crippen molar-refractivity contribution in [2.75, 3.05) is 13.7 Å². The van der Waals surface area contributed by atoms with Gasteiger partial charge in [0.15, 0.2) is 6.17 Å². The van der Waals surface area contributed by atoms with Crippen LogP contribution >= 0.6 is 11.6 Å². The normalized spacial score (nSPS) is 23.3. The molecule has 9 nitrogen and oxygen atoms in total. The first-order valence-corrected chi connectivity index (χ1v) is 12.5. The summed E-state index contributed by atoms with van der Waals surface area (Å²) in [6.45, 7) is 5.90. The summed E-state index contributed by atoms with van der Waals surface area (Å²) < 4.78 is 7.81. The molecule has 3 aromatic heterocycles. The molecule has 186 valence electrons. The van der Waals surface area contributed by atoms with Crippen molar-refractivity contribution >= 4 is 28.7 Å². The molecule has 1 saturated carbocycles. The second-order valence-electron chi connectivity index (χ2n) is 9.80. The summed E-state index contributed by atoms with van der Waals surface area (Å²) >= 11 is 6.32. The molecule has 4 heterocycles. The Morgan fingerprint density at radius 3 is 2.71 bits per heavy atom. The minimum absolute atomic E-state index is 0.0938. The summed E-state index contributed by atoms with van der Waals surface area (Å²) in [4.78, 5) is 30.9. The van der Waals surface area contributed by atoms with Crippen molar-refractivity contribution in [1.82, 2.24) is 30.3 Å². The van der Waals surface area contributed by atoms with E-state index in [-0.39, 0.29) is 5.92 Å². The zero-order valence-electron chi connectivity index (χ0n) is 20.3. The number of pyridine rings is 2. The fourth-order valence-corrected chi connectivity index (χ4v) is 5.34. The predicted octanol–water partition coefficient (Wildman–Crippen LogP) is 4.97. The van der Waals surface area contributed by atoms with Gasteiger partial charge in [-0.25, -0.2) is 14.8 Å². The molecule has 0 bridgehead atoms. The minimum Gasteiger partial charge on any atom is -0.384 e. The van der Waals surface area contributed by atoms with Crippen LogP contribution in [0.4, 0.5) is 4.79 Å². The smallest absolute Gasteiger partial charge is 0.384 e. The Morgan fingerprint density at radius 2 is 2.03 bits per heavy atom. The van der Waals surface area contributed by atoms with Crippen molar-refractivity contribution in [2.24, 2.45) is 11.8 Å². The van der Waals surface area contributed by atoms with Crippen LogP contribution in [0.1, 0.15) is 63.1 Å². The predicted molar refractivity (Wildman–Crippen MR) is 133 cm³/mol. The zero-order valence-corrected chi connectivity index (χ0v) is 21.0. The largest absolute Gasteiger partial charge is 0.427 e. The van der Waals surface area contributed by atoms with Gasteiger partial charge in [0.25, 0.3) is 0 Å². The summed E-state index contributed by atoms with van der Waals surface area (Å²) in [7, 11) is 1.71. The molecule has 1 saturated heterocycles. The number of fused-ring (bicyclic) bond motifs is 1. The summed E-state index contributed by atoms with van der Waals surface area (Å²) in [5.74, 6) is 2.42. The van der Waals surface area contributed by atoms with Crippen molar-refractivity contribution in [3.8, 4) is 11.3 Å². The third-order valence-electron chi connectivity index (χ3n) is 7.01. The molecule has 3 aromatic rings. The lowest BCUT2D eigenvalue weighted by Gasteiger charge is -2.28. The van der Waals surface area contributed by atoms with Crippen LogP contribution in [0.3, 0.4) is 0 Å². The molecule has 35 heavy (non-hydrogen) atoms. The summed E-state index contributed by atoms with van der Waals surface area (Å²) in [5, 5.41) is 3.25. The molecule has 0 aromatic carbocycles. The van der Waals surface area contributed by atoms with Crippen molar-refractivity contribution in [3.05, 3.63) is 41.1 Å². The van der Waals surface area contributed by atoms with Gasteiger partial charge in [-0.05, 0) is 36.8 Å². The number of carbonyl (C=O) groups excluding carboxylic acids is 1. The summed E-state index contributed by atoms with van der Waals surface area (Å²) in [6.07, 6.45) is 7.14. The number of ether oxygens (including phenoxy) is 1. The number of hydroxylamine groups is 1. The zero-order chi connectivity index (χ0) is 24.5. The van der Waals surface area contributed by atoms with Crippen LogP contribution < -0.4 is 10.8 Å². The molecule has 1 amide bonds. The van der Waals surface area contributed by atoms with Gasteiger partial charge in [0.2, 0.25) is 0 Å². The minimum atomic E-state index is -0.581. The third kappa shape index (κ3) is 4.98. The van der Waals surface area contributed by atoms with Gasteiger partial charge in [-0.1, -0.05) is 38.3 Å². The van der Waals surface area contributed by atoms with Crippen LogP contribution in [-0.2, 0) is 16.1 Å². The number of carbonyl (C=O) groups is 1. The Kier molecular flexibility index (Phi) is 6.91. The number of hydrogen-bond donors (Lipinski definition) is 2. The summed E-state index contributed by atoms with van der Waals surface area (Å²) in [6, 6.07) is 3.76. The van der Waals surface area contributed by atoms with Crippen LogP contribution in [0.5, 0.6) is 0 Å². The molecule has 5 rings (SSSR count). The fourth-order valence-electron chi connectivity index (χ4n) is 5.16. The van der Waals surface area contributed by atoms with E-state index in [1.165, 1.54) is 25.7 Å². The maximum absolute atomic E-state index is 11.7. The third-order valence-corrected chi connectivity index (χ3v) is 7.22. The van der Waals surface area contributed by atoms with Crippen molar-refractivity contribution in [2.45, 2.75) is 58.2 Å². The first-order valence-electron chi connectivity index (χ1n) is 12.2. The first-order chi connectivity index (χ1) is 16.9. The average Bonchev–Trinajstić information content (AvgIpc) is 3.44. The van der Waals surface area contributed by atoms with Crippen molar-refractivity contribution in [3.63, 3.8) is 0 Å². The number of amides is 1. The first kappa shape index (κ1) is 24.0. The van der Waals surface area contributed by atoms with Gasteiger partial charge >= 0.3 is 6.09 Å². The monoisotopic (exact) mass is 498 g/mol. The lowest BCUT2D eigenvalue weighted by atomic mass is 9.83. The molecule has 0 radical (unpaired) electrons. The van der Waals surface area contributed by atoms with Gasteiger partial charge in [-0.2, -0.15) is 0 Å². The van der Waals surface area contributed by atoms with E-state index < -0.39 is 12.3 Å². The highest BCUT2D eigenvalue weighted by atomic mass is 35.5.